The molecular formula is C22H21N5O2. The number of para-hydroxylation sites is 2. The lowest BCUT2D eigenvalue weighted by atomic mass is 10.1. The number of benzene rings is 2. The van der Waals surface area contributed by atoms with Crippen LogP contribution < -0.4 is 10.9 Å². The number of rotatable bonds is 5. The molecule has 0 saturated carbocycles. The first-order chi connectivity index (χ1) is 14.2. The van der Waals surface area contributed by atoms with E-state index in [1.165, 1.54) is 6.20 Å². The number of hydrogen-bond acceptors (Lipinski definition) is 3. The highest BCUT2D eigenvalue weighted by atomic mass is 16.2. The third kappa shape index (κ3) is 3.75. The maximum Gasteiger partial charge on any atom is 0.273 e. The molecule has 7 nitrogen and oxygen atoms in total. The highest BCUT2D eigenvalue weighted by molar-refractivity contribution is 5.97. The Labute approximate surface area is 167 Å². The molecule has 2 amide bonds. The number of hydrazine groups is 1. The first kappa shape index (κ1) is 18.5. The zero-order valence-corrected chi connectivity index (χ0v) is 16.0. The molecule has 2 heterocycles. The van der Waals surface area contributed by atoms with Crippen LogP contribution >= 0.6 is 0 Å². The van der Waals surface area contributed by atoms with Crippen molar-refractivity contribution in [2.24, 2.45) is 0 Å². The molecule has 0 unspecified atom stereocenters. The van der Waals surface area contributed by atoms with E-state index in [9.17, 15) is 9.59 Å². The van der Waals surface area contributed by atoms with Crippen molar-refractivity contribution in [3.8, 4) is 5.69 Å². The van der Waals surface area contributed by atoms with Crippen molar-refractivity contribution in [2.75, 3.05) is 0 Å². The molecule has 0 aliphatic heterocycles. The van der Waals surface area contributed by atoms with Crippen molar-refractivity contribution < 1.29 is 9.59 Å². The molecule has 0 aliphatic carbocycles. The number of carbonyl (C=O) groups is 2. The normalized spacial score (nSPS) is 10.8. The van der Waals surface area contributed by atoms with Crippen LogP contribution in [0, 0.1) is 0 Å². The van der Waals surface area contributed by atoms with E-state index in [0.29, 0.717) is 12.0 Å². The summed E-state index contributed by atoms with van der Waals surface area (Å²) in [4.78, 5) is 28.1. The van der Waals surface area contributed by atoms with Gasteiger partial charge in [-0.1, -0.05) is 43.3 Å². The lowest BCUT2D eigenvalue weighted by molar-refractivity contribution is -0.121. The molecule has 4 rings (SSSR count). The molecule has 146 valence electrons. The van der Waals surface area contributed by atoms with Crippen molar-refractivity contribution in [1.29, 1.82) is 0 Å². The van der Waals surface area contributed by atoms with Crippen molar-refractivity contribution in [1.82, 2.24) is 25.6 Å². The minimum absolute atomic E-state index is 0.161. The van der Waals surface area contributed by atoms with Gasteiger partial charge in [0.2, 0.25) is 5.91 Å². The minimum atomic E-state index is -0.392. The molecule has 7 heteroatoms. The number of fused-ring (bicyclic) bond motifs is 1. The molecule has 0 bridgehead atoms. The van der Waals surface area contributed by atoms with Crippen LogP contribution in [0.4, 0.5) is 0 Å². The summed E-state index contributed by atoms with van der Waals surface area (Å²) in [7, 11) is 0. The Morgan fingerprint density at radius 3 is 2.59 bits per heavy atom. The van der Waals surface area contributed by atoms with Crippen molar-refractivity contribution in [3.05, 3.63) is 83.8 Å². The molecule has 0 aliphatic rings. The van der Waals surface area contributed by atoms with Gasteiger partial charge in [0, 0.05) is 17.1 Å². The van der Waals surface area contributed by atoms with E-state index in [0.717, 1.165) is 27.8 Å². The number of aromatic nitrogens is 3. The van der Waals surface area contributed by atoms with Crippen molar-refractivity contribution in [3.63, 3.8) is 0 Å². The fourth-order valence-corrected chi connectivity index (χ4v) is 3.38. The van der Waals surface area contributed by atoms with Crippen LogP contribution in [0.2, 0.25) is 0 Å². The van der Waals surface area contributed by atoms with Crippen LogP contribution in [-0.4, -0.2) is 26.6 Å². The maximum atomic E-state index is 12.6. The van der Waals surface area contributed by atoms with E-state index in [4.69, 9.17) is 0 Å². The van der Waals surface area contributed by atoms with Crippen LogP contribution in [0.3, 0.4) is 0 Å². The van der Waals surface area contributed by atoms with E-state index in [1.54, 1.807) is 4.68 Å². The standard InChI is InChI=1S/C22H21N5O2/c1-2-20-18(14-24-27(20)16-8-4-3-5-9-16)22(29)26-25-21(28)12-15-13-23-19-11-7-6-10-17(15)19/h3-11,13-14,23H,2,12H2,1H3,(H,25,28)(H,26,29). The number of aromatic amines is 1. The Morgan fingerprint density at radius 2 is 1.79 bits per heavy atom. The number of nitrogens with one attached hydrogen (secondary N) is 3. The van der Waals surface area contributed by atoms with Gasteiger partial charge in [0.15, 0.2) is 0 Å². The molecule has 3 N–H and O–H groups in total. The lowest BCUT2D eigenvalue weighted by Crippen LogP contribution is -2.42. The van der Waals surface area contributed by atoms with Gasteiger partial charge in [-0.3, -0.25) is 20.4 Å². The Kier molecular flexibility index (Phi) is 5.11. The maximum absolute atomic E-state index is 12.6. The third-order valence-corrected chi connectivity index (χ3v) is 4.79. The van der Waals surface area contributed by atoms with Crippen molar-refractivity contribution >= 4 is 22.7 Å². The second-order valence-electron chi connectivity index (χ2n) is 6.64. The number of carbonyl (C=O) groups excluding carboxylic acids is 2. The van der Waals surface area contributed by atoms with Crippen LogP contribution in [0.1, 0.15) is 28.5 Å². The highest BCUT2D eigenvalue weighted by Crippen LogP contribution is 2.18. The van der Waals surface area contributed by atoms with Gasteiger partial charge in [-0.05, 0) is 30.2 Å². The van der Waals surface area contributed by atoms with Gasteiger partial charge in [0.25, 0.3) is 5.91 Å². The summed E-state index contributed by atoms with van der Waals surface area (Å²) in [6.07, 6.45) is 4.12. The lowest BCUT2D eigenvalue weighted by Gasteiger charge is -2.09. The van der Waals surface area contributed by atoms with Crippen LogP contribution in [0.15, 0.2) is 67.0 Å². The second-order valence-corrected chi connectivity index (χ2v) is 6.64. The molecule has 0 atom stereocenters. The first-order valence-electron chi connectivity index (χ1n) is 9.44. The van der Waals surface area contributed by atoms with E-state index < -0.39 is 5.91 Å². The predicted octanol–water partition coefficient (Wildman–Crippen LogP) is 2.92. The van der Waals surface area contributed by atoms with Crippen LogP contribution in [-0.2, 0) is 17.6 Å². The second kappa shape index (κ2) is 8.02. The minimum Gasteiger partial charge on any atom is -0.361 e. The summed E-state index contributed by atoms with van der Waals surface area (Å²) in [5.74, 6) is -0.687. The van der Waals surface area contributed by atoms with Crippen LogP contribution in [0.5, 0.6) is 0 Å². The fourth-order valence-electron chi connectivity index (χ4n) is 3.38. The van der Waals surface area contributed by atoms with E-state index in [1.807, 2.05) is 67.7 Å². The molecule has 0 spiro atoms. The summed E-state index contributed by atoms with van der Waals surface area (Å²) < 4.78 is 1.74. The first-order valence-corrected chi connectivity index (χ1v) is 9.44. The zero-order valence-electron chi connectivity index (χ0n) is 16.0. The van der Waals surface area contributed by atoms with Gasteiger partial charge in [0.05, 0.1) is 29.6 Å². The summed E-state index contributed by atoms with van der Waals surface area (Å²) in [6.45, 7) is 1.96. The topological polar surface area (TPSA) is 91.8 Å². The van der Waals surface area contributed by atoms with Gasteiger partial charge in [-0.15, -0.1) is 0 Å². The Hall–Kier alpha value is -3.87. The number of nitrogens with zero attached hydrogens (tertiary/aromatic N) is 2. The van der Waals surface area contributed by atoms with E-state index in [2.05, 4.69) is 20.9 Å². The highest BCUT2D eigenvalue weighted by Gasteiger charge is 2.18. The Balaban J connectivity index is 1.43. The average molecular weight is 387 g/mol. The molecule has 0 fully saturated rings. The van der Waals surface area contributed by atoms with Crippen molar-refractivity contribution in [2.45, 2.75) is 19.8 Å². The van der Waals surface area contributed by atoms with E-state index >= 15 is 0 Å². The molecule has 0 saturated heterocycles. The number of hydrogen-bond donors (Lipinski definition) is 3. The molecule has 4 aromatic rings. The van der Waals surface area contributed by atoms with Gasteiger partial charge in [0.1, 0.15) is 0 Å². The van der Waals surface area contributed by atoms with Gasteiger partial charge < -0.3 is 4.98 Å². The summed E-state index contributed by atoms with van der Waals surface area (Å²) in [5, 5.41) is 5.33. The molecular weight excluding hydrogens is 366 g/mol. The monoisotopic (exact) mass is 387 g/mol. The predicted molar refractivity (Wildman–Crippen MR) is 111 cm³/mol. The molecule has 0 radical (unpaired) electrons. The third-order valence-electron chi connectivity index (χ3n) is 4.79. The summed E-state index contributed by atoms with van der Waals surface area (Å²) in [6, 6.07) is 17.4. The number of H-pyrrole nitrogens is 1. The Morgan fingerprint density at radius 1 is 1.03 bits per heavy atom. The van der Waals surface area contributed by atoms with Gasteiger partial charge in [-0.25, -0.2) is 4.68 Å². The smallest absolute Gasteiger partial charge is 0.273 e. The quantitative estimate of drug-likeness (QED) is 0.460. The van der Waals surface area contributed by atoms with E-state index in [-0.39, 0.29) is 12.3 Å². The molecule has 29 heavy (non-hydrogen) atoms. The number of amides is 2. The zero-order chi connectivity index (χ0) is 20.2. The molecule has 2 aromatic heterocycles. The summed E-state index contributed by atoms with van der Waals surface area (Å²) >= 11 is 0. The average Bonchev–Trinajstić information content (AvgIpc) is 3.37. The largest absolute Gasteiger partial charge is 0.361 e. The SMILES string of the molecule is CCc1c(C(=O)NNC(=O)Cc2c[nH]c3ccccc23)cnn1-c1ccccc1. The van der Waals surface area contributed by atoms with Gasteiger partial charge in [-0.2, -0.15) is 5.10 Å². The van der Waals surface area contributed by atoms with Gasteiger partial charge >= 0.3 is 0 Å². The Bertz CT molecular complexity index is 1160. The van der Waals surface area contributed by atoms with Crippen LogP contribution in [0.25, 0.3) is 16.6 Å². The fraction of sp³-hybridized carbons (Fsp3) is 0.136. The summed E-state index contributed by atoms with van der Waals surface area (Å²) in [5.41, 5.74) is 8.93. The molecule has 2 aromatic carbocycles.